The van der Waals surface area contributed by atoms with Crippen molar-refractivity contribution in [3.8, 4) is 0 Å². The number of benzene rings is 1. The number of carbonyl (C=O) groups excluding carboxylic acids is 3. The second-order valence-electron chi connectivity index (χ2n) is 11.0. The standard InChI is InChI=1S/C29H26ClFN8O3/c1-37-25(40)14-39(28(37)42)22-7-17(16-5-6-16)12-38-13-20(35-26(22)38)11-32-23-9-24(34-15-33-23)36-27(41)21-10-29(21,31)18-3-2-4-19(30)8-18/h2-4,7-9,12-13,15-16,21H,5-6,10-11,14H2,1H3,(H2,32,33,34,36,41). The molecule has 2 aliphatic carbocycles. The van der Waals surface area contributed by atoms with E-state index in [0.29, 0.717) is 45.9 Å². The Balaban J connectivity index is 1.06. The molecule has 3 fully saturated rings. The van der Waals surface area contributed by atoms with Crippen LogP contribution in [0, 0.1) is 5.92 Å². The van der Waals surface area contributed by atoms with Gasteiger partial charge in [0.05, 0.1) is 23.8 Å². The summed E-state index contributed by atoms with van der Waals surface area (Å²) in [4.78, 5) is 53.4. The third kappa shape index (κ3) is 4.71. The molecule has 1 aliphatic heterocycles. The van der Waals surface area contributed by atoms with Crippen molar-refractivity contribution in [3.63, 3.8) is 0 Å². The van der Waals surface area contributed by atoms with Crippen molar-refractivity contribution in [2.75, 3.05) is 29.1 Å². The molecule has 7 rings (SSSR count). The number of fused-ring (bicyclic) bond motifs is 1. The van der Waals surface area contributed by atoms with Gasteiger partial charge in [-0.2, -0.15) is 0 Å². The quantitative estimate of drug-likeness (QED) is 0.291. The van der Waals surface area contributed by atoms with E-state index in [-0.39, 0.29) is 30.7 Å². The van der Waals surface area contributed by atoms with Gasteiger partial charge in [-0.25, -0.2) is 24.1 Å². The van der Waals surface area contributed by atoms with Crippen LogP contribution in [-0.2, 0) is 21.8 Å². The van der Waals surface area contributed by atoms with Gasteiger partial charge in [0.1, 0.15) is 30.2 Å². The Morgan fingerprint density at radius 3 is 2.69 bits per heavy atom. The highest BCUT2D eigenvalue weighted by Gasteiger charge is 2.61. The molecule has 3 aromatic heterocycles. The number of amides is 4. The van der Waals surface area contributed by atoms with E-state index >= 15 is 4.39 Å². The summed E-state index contributed by atoms with van der Waals surface area (Å²) in [6, 6.07) is 9.63. The number of anilines is 3. The van der Waals surface area contributed by atoms with Crippen molar-refractivity contribution in [1.29, 1.82) is 0 Å². The summed E-state index contributed by atoms with van der Waals surface area (Å²) in [5, 5.41) is 6.28. The number of likely N-dealkylation sites (N-methyl/N-ethyl adjacent to an activating group) is 1. The van der Waals surface area contributed by atoms with Crippen molar-refractivity contribution < 1.29 is 18.8 Å². The zero-order valence-corrected chi connectivity index (χ0v) is 23.3. The summed E-state index contributed by atoms with van der Waals surface area (Å²) in [6.45, 7) is 0.264. The molecule has 4 amide bonds. The van der Waals surface area contributed by atoms with Crippen LogP contribution in [0.2, 0.25) is 5.02 Å². The Morgan fingerprint density at radius 1 is 1.14 bits per heavy atom. The number of carbonyl (C=O) groups is 3. The minimum absolute atomic E-state index is 0.0293. The molecule has 2 N–H and O–H groups in total. The van der Waals surface area contributed by atoms with Crippen LogP contribution in [0.25, 0.3) is 5.65 Å². The molecule has 11 nitrogen and oxygen atoms in total. The Labute approximate surface area is 244 Å². The van der Waals surface area contributed by atoms with E-state index in [1.165, 1.54) is 24.3 Å². The van der Waals surface area contributed by atoms with Crippen molar-refractivity contribution in [3.05, 3.63) is 77.0 Å². The molecule has 13 heteroatoms. The molecule has 2 unspecified atom stereocenters. The lowest BCUT2D eigenvalue weighted by Crippen LogP contribution is -2.30. The van der Waals surface area contributed by atoms with E-state index < -0.39 is 17.5 Å². The topological polar surface area (TPSA) is 125 Å². The monoisotopic (exact) mass is 588 g/mol. The predicted molar refractivity (Wildman–Crippen MR) is 153 cm³/mol. The third-order valence-corrected chi connectivity index (χ3v) is 8.25. The lowest BCUT2D eigenvalue weighted by Gasteiger charge is -2.17. The van der Waals surface area contributed by atoms with Gasteiger partial charge in [0, 0.05) is 37.0 Å². The van der Waals surface area contributed by atoms with Crippen molar-refractivity contribution in [1.82, 2.24) is 24.3 Å². The first-order valence-electron chi connectivity index (χ1n) is 13.6. The van der Waals surface area contributed by atoms with Crippen LogP contribution in [0.1, 0.15) is 42.0 Å². The van der Waals surface area contributed by atoms with Gasteiger partial charge >= 0.3 is 6.03 Å². The van der Waals surface area contributed by atoms with E-state index in [9.17, 15) is 14.4 Å². The summed E-state index contributed by atoms with van der Waals surface area (Å²) in [5.74, 6) is -0.462. The smallest absolute Gasteiger partial charge is 0.331 e. The van der Waals surface area contributed by atoms with Gasteiger partial charge in [-0.1, -0.05) is 23.7 Å². The van der Waals surface area contributed by atoms with E-state index in [0.717, 1.165) is 23.3 Å². The van der Waals surface area contributed by atoms with Gasteiger partial charge < -0.3 is 15.0 Å². The average molecular weight is 589 g/mol. The maximum atomic E-state index is 15.4. The van der Waals surface area contributed by atoms with Crippen LogP contribution in [0.4, 0.5) is 26.5 Å². The maximum Gasteiger partial charge on any atom is 0.331 e. The summed E-state index contributed by atoms with van der Waals surface area (Å²) >= 11 is 6.00. The number of alkyl halides is 1. The molecule has 0 bridgehead atoms. The van der Waals surface area contributed by atoms with Gasteiger partial charge in [-0.3, -0.25) is 19.4 Å². The minimum atomic E-state index is -1.76. The summed E-state index contributed by atoms with van der Waals surface area (Å²) < 4.78 is 17.2. The number of halogens is 2. The fourth-order valence-electron chi connectivity index (χ4n) is 5.38. The van der Waals surface area contributed by atoms with Gasteiger partial charge in [0.2, 0.25) is 11.8 Å². The highest BCUT2D eigenvalue weighted by atomic mass is 35.5. The fourth-order valence-corrected chi connectivity index (χ4v) is 5.57. The molecule has 214 valence electrons. The molecule has 0 spiro atoms. The second-order valence-corrected chi connectivity index (χ2v) is 11.4. The van der Waals surface area contributed by atoms with Crippen LogP contribution in [0.15, 0.2) is 55.1 Å². The average Bonchev–Trinajstić information content (AvgIpc) is 3.88. The lowest BCUT2D eigenvalue weighted by atomic mass is 10.1. The Bertz CT molecular complexity index is 1770. The van der Waals surface area contributed by atoms with Crippen molar-refractivity contribution >= 4 is 52.4 Å². The lowest BCUT2D eigenvalue weighted by molar-refractivity contribution is -0.124. The summed E-state index contributed by atoms with van der Waals surface area (Å²) in [7, 11) is 1.48. The second kappa shape index (κ2) is 9.76. The van der Waals surface area contributed by atoms with E-state index in [4.69, 9.17) is 16.6 Å². The van der Waals surface area contributed by atoms with Crippen molar-refractivity contribution in [2.45, 2.75) is 37.4 Å². The van der Waals surface area contributed by atoms with Gasteiger partial charge in [0.15, 0.2) is 5.65 Å². The first kappa shape index (κ1) is 26.3. The van der Waals surface area contributed by atoms with Gasteiger partial charge in [-0.05, 0) is 48.1 Å². The molecule has 3 aliphatic rings. The van der Waals surface area contributed by atoms with Crippen molar-refractivity contribution in [2.24, 2.45) is 5.92 Å². The number of hydrogen-bond acceptors (Lipinski definition) is 7. The summed E-state index contributed by atoms with van der Waals surface area (Å²) in [6.07, 6.45) is 7.44. The first-order valence-corrected chi connectivity index (χ1v) is 14.0. The molecule has 2 saturated carbocycles. The van der Waals surface area contributed by atoms with Gasteiger partial charge in [0.25, 0.3) is 0 Å². The van der Waals surface area contributed by atoms with Crippen LogP contribution >= 0.6 is 11.6 Å². The highest BCUT2D eigenvalue weighted by Crippen LogP contribution is 2.56. The molecule has 1 saturated heterocycles. The summed E-state index contributed by atoms with van der Waals surface area (Å²) in [5.41, 5.74) is 1.58. The van der Waals surface area contributed by atoms with E-state index in [1.807, 2.05) is 22.9 Å². The highest BCUT2D eigenvalue weighted by molar-refractivity contribution is 6.30. The number of aromatic nitrogens is 4. The fraction of sp³-hybridized carbons (Fsp3) is 0.310. The van der Waals surface area contributed by atoms with Crippen LogP contribution < -0.4 is 15.5 Å². The SMILES string of the molecule is CN1C(=O)CN(c2cc(C3CC3)cn3cc(CNc4cc(NC(=O)C5CC5(F)c5cccc(Cl)c5)ncn4)nc23)C1=O. The number of imide groups is 1. The zero-order valence-electron chi connectivity index (χ0n) is 22.6. The van der Waals surface area contributed by atoms with Crippen LogP contribution in [0.5, 0.6) is 0 Å². The number of hydrogen-bond donors (Lipinski definition) is 2. The molecular weight excluding hydrogens is 563 g/mol. The van der Waals surface area contributed by atoms with E-state index in [1.54, 1.807) is 24.3 Å². The van der Waals surface area contributed by atoms with Gasteiger partial charge in [-0.15, -0.1) is 0 Å². The number of urea groups is 1. The Kier molecular flexibility index (Phi) is 6.12. The number of pyridine rings is 1. The molecule has 42 heavy (non-hydrogen) atoms. The largest absolute Gasteiger partial charge is 0.364 e. The zero-order chi connectivity index (χ0) is 29.2. The van der Waals surface area contributed by atoms with E-state index in [2.05, 4.69) is 20.6 Å². The maximum absolute atomic E-state index is 15.4. The number of imidazole rings is 1. The Hall–Kier alpha value is -4.58. The molecule has 4 heterocycles. The van der Waals surface area contributed by atoms with Crippen LogP contribution in [-0.4, -0.2) is 55.7 Å². The number of nitrogens with one attached hydrogen (secondary N) is 2. The molecule has 4 aromatic rings. The number of rotatable bonds is 8. The Morgan fingerprint density at radius 2 is 1.95 bits per heavy atom. The molecule has 0 radical (unpaired) electrons. The molecular formula is C29H26ClFN8O3. The normalized spacial score (nSPS) is 21.7. The molecule has 2 atom stereocenters. The minimum Gasteiger partial charge on any atom is -0.364 e. The first-order chi connectivity index (χ1) is 20.2. The third-order valence-electron chi connectivity index (χ3n) is 8.01. The molecule has 1 aromatic carbocycles. The van der Waals surface area contributed by atoms with Crippen LogP contribution in [0.3, 0.4) is 0 Å². The predicted octanol–water partition coefficient (Wildman–Crippen LogP) is 4.49. The number of nitrogens with zero attached hydrogens (tertiary/aromatic N) is 6.